The molecule has 6 aliphatic carbocycles. The number of carboxylic acids is 1. The molecule has 0 heterocycles. The Kier molecular flexibility index (Phi) is 11.9. The molecule has 6 N–H and O–H groups in total. The highest BCUT2D eigenvalue weighted by Gasteiger charge is 2.71. The van der Waals surface area contributed by atoms with Gasteiger partial charge in [0.15, 0.2) is 5.78 Å². The van der Waals surface area contributed by atoms with E-state index in [1.54, 1.807) is 24.3 Å². The molecule has 11 heteroatoms. The normalized spacial score (nSPS) is 38.7. The van der Waals surface area contributed by atoms with Crippen LogP contribution in [0.25, 0.3) is 0 Å². The van der Waals surface area contributed by atoms with Gasteiger partial charge in [-0.15, -0.1) is 0 Å². The van der Waals surface area contributed by atoms with Crippen LogP contribution in [0.2, 0.25) is 5.02 Å². The highest BCUT2D eigenvalue weighted by atomic mass is 35.5. The molecule has 0 aromatic heterocycles. The van der Waals surface area contributed by atoms with Crippen molar-refractivity contribution in [2.24, 2.45) is 73.7 Å². The second kappa shape index (κ2) is 15.8. The predicted molar refractivity (Wildman–Crippen MR) is 233 cm³/mol. The van der Waals surface area contributed by atoms with Gasteiger partial charge in [-0.1, -0.05) is 79.5 Å². The number of ether oxygens (including phenoxy) is 1. The number of aliphatic hydroxyl groups is 1. The minimum atomic E-state index is -0.842. The van der Waals surface area contributed by atoms with Crippen molar-refractivity contribution in [3.63, 3.8) is 0 Å². The van der Waals surface area contributed by atoms with Gasteiger partial charge in [0.2, 0.25) is 0 Å². The number of allylic oxidation sites excluding steroid dienone is 1. The quantitative estimate of drug-likeness (QED) is 0.131. The van der Waals surface area contributed by atoms with Crippen molar-refractivity contribution < 1.29 is 34.1 Å². The van der Waals surface area contributed by atoms with Gasteiger partial charge in [0.25, 0.3) is 5.91 Å². The molecule has 12 atom stereocenters. The van der Waals surface area contributed by atoms with Gasteiger partial charge in [0.05, 0.1) is 24.0 Å². The van der Waals surface area contributed by atoms with Crippen LogP contribution in [0, 0.1) is 68.0 Å². The maximum Gasteiger partial charge on any atom is 0.309 e. The molecule has 1 amide bonds. The molecule has 0 radical (unpaired) electrons. The van der Waals surface area contributed by atoms with Crippen LogP contribution in [0.1, 0.15) is 137 Å². The second-order valence-corrected chi connectivity index (χ2v) is 22.7. The number of nitrogens with two attached hydrogens (primary N) is 1. The highest BCUT2D eigenvalue weighted by Crippen LogP contribution is 2.77. The van der Waals surface area contributed by atoms with Crippen LogP contribution >= 0.6 is 11.6 Å². The number of nitrogens with one attached hydrogen (secondary N) is 2. The van der Waals surface area contributed by atoms with E-state index in [0.29, 0.717) is 41.8 Å². The third kappa shape index (κ3) is 6.91. The number of hydrogen-bond acceptors (Lipinski definition) is 8. The molecule has 10 nitrogen and oxygen atoms in total. The molecule has 332 valence electrons. The number of carboxylic acid groups (broad SMARTS) is 1. The van der Waals surface area contributed by atoms with E-state index in [1.165, 1.54) is 5.57 Å². The Morgan fingerprint density at radius 2 is 1.55 bits per heavy atom. The van der Waals surface area contributed by atoms with Gasteiger partial charge in [0.1, 0.15) is 6.10 Å². The summed E-state index contributed by atoms with van der Waals surface area (Å²) in [6.07, 6.45) is 7.26. The molecule has 0 aliphatic heterocycles. The van der Waals surface area contributed by atoms with E-state index < -0.39 is 34.7 Å². The second-order valence-electron chi connectivity index (χ2n) is 22.2. The van der Waals surface area contributed by atoms with E-state index >= 15 is 0 Å². The number of carbonyl (C=O) groups is 4. The summed E-state index contributed by atoms with van der Waals surface area (Å²) in [5.41, 5.74) is 7.24. The number of halogens is 1. The zero-order valence-corrected chi connectivity index (χ0v) is 38.3. The first-order valence-corrected chi connectivity index (χ1v) is 23.2. The molecule has 6 aliphatic rings. The number of ketones is 1. The van der Waals surface area contributed by atoms with Gasteiger partial charge in [-0.05, 0) is 133 Å². The number of fused-ring (bicyclic) bond motifs is 7. The Bertz CT molecular complexity index is 1910. The van der Waals surface area contributed by atoms with Crippen LogP contribution in [-0.2, 0) is 19.1 Å². The molecular formula is C49H72ClN3O7. The van der Waals surface area contributed by atoms with Crippen LogP contribution in [0.3, 0.4) is 0 Å². The van der Waals surface area contributed by atoms with Crippen LogP contribution in [0.5, 0.6) is 0 Å². The number of aliphatic carboxylic acids is 1. The van der Waals surface area contributed by atoms with Crippen LogP contribution in [0.4, 0.5) is 0 Å². The van der Waals surface area contributed by atoms with Crippen molar-refractivity contribution >= 4 is 35.2 Å². The van der Waals surface area contributed by atoms with Crippen LogP contribution in [0.15, 0.2) is 35.4 Å². The monoisotopic (exact) mass is 850 g/mol. The van der Waals surface area contributed by atoms with Gasteiger partial charge in [0, 0.05) is 47.5 Å². The van der Waals surface area contributed by atoms with E-state index in [2.05, 4.69) is 59.1 Å². The van der Waals surface area contributed by atoms with E-state index in [1.807, 2.05) is 13.8 Å². The number of Topliss-reactive ketones (excluding diaryl/α,β-unsaturated/α-hetero) is 1. The number of carbonyl (C=O) groups excluding carboxylic acids is 3. The Morgan fingerprint density at radius 3 is 2.17 bits per heavy atom. The highest BCUT2D eigenvalue weighted by molar-refractivity contribution is 6.30. The zero-order chi connectivity index (χ0) is 44.0. The van der Waals surface area contributed by atoms with Crippen LogP contribution < -0.4 is 16.4 Å². The molecule has 60 heavy (non-hydrogen) atoms. The molecule has 5 saturated carbocycles. The smallest absolute Gasteiger partial charge is 0.309 e. The minimum absolute atomic E-state index is 0.00922. The maximum atomic E-state index is 14.2. The average molecular weight is 851 g/mol. The van der Waals surface area contributed by atoms with Gasteiger partial charge >= 0.3 is 11.9 Å². The fourth-order valence-corrected chi connectivity index (χ4v) is 15.0. The molecule has 5 fully saturated rings. The Balaban J connectivity index is 1.08. The lowest BCUT2D eigenvalue weighted by Crippen LogP contribution is -2.66. The molecule has 1 aromatic rings. The molecule has 0 spiro atoms. The first-order valence-electron chi connectivity index (χ1n) is 22.9. The fourth-order valence-electron chi connectivity index (χ4n) is 14.9. The van der Waals surface area contributed by atoms with Crippen LogP contribution in [-0.4, -0.2) is 71.7 Å². The van der Waals surface area contributed by atoms with Crippen molar-refractivity contribution in [3.8, 4) is 0 Å². The predicted octanol–water partition coefficient (Wildman–Crippen LogP) is 7.99. The lowest BCUT2D eigenvalue weighted by molar-refractivity contribution is -0.238. The first-order chi connectivity index (χ1) is 28.0. The fraction of sp³-hybridized carbons (Fsp3) is 0.755. The summed E-state index contributed by atoms with van der Waals surface area (Å²) in [7, 11) is 0. The van der Waals surface area contributed by atoms with Gasteiger partial charge < -0.3 is 31.3 Å². The van der Waals surface area contributed by atoms with Crippen molar-refractivity contribution in [1.82, 2.24) is 10.6 Å². The summed E-state index contributed by atoms with van der Waals surface area (Å²) in [5.74, 6) is -1.00. The first kappa shape index (κ1) is 45.2. The molecule has 7 rings (SSSR count). The van der Waals surface area contributed by atoms with Gasteiger partial charge in [-0.3, -0.25) is 19.2 Å². The SMILES string of the molecule is CC(C)C1=C2[C@H]3CC[C@@H]4[C@@]5(C)CC[C@H](OC(=O)[C@H]6C[C@@H](C(=O)O)C6(C)C)C(C)(C)[C@@H]5CC[C@@]4(C)[C@]3(C)CC[C@@]2([C@@H](O)CNCC(CN)NC(=O)c2ccc(Cl)cc2)CC1=O. The lowest BCUT2D eigenvalue weighted by Gasteiger charge is -2.72. The van der Waals surface area contributed by atoms with Crippen molar-refractivity contribution in [2.75, 3.05) is 19.6 Å². The Hall–Kier alpha value is -2.79. The third-order valence-corrected chi connectivity index (χ3v) is 18.9. The number of esters is 1. The Morgan fingerprint density at radius 1 is 0.867 bits per heavy atom. The van der Waals surface area contributed by atoms with Crippen molar-refractivity contribution in [1.29, 1.82) is 0 Å². The molecule has 0 saturated heterocycles. The van der Waals surface area contributed by atoms with E-state index in [9.17, 15) is 29.4 Å². The molecule has 1 aromatic carbocycles. The molecule has 1 unspecified atom stereocenters. The number of aliphatic hydroxyl groups excluding tert-OH is 1. The van der Waals surface area contributed by atoms with Crippen molar-refractivity contribution in [3.05, 3.63) is 46.0 Å². The number of amides is 1. The molecular weight excluding hydrogens is 778 g/mol. The van der Waals surface area contributed by atoms with E-state index in [0.717, 1.165) is 56.9 Å². The summed E-state index contributed by atoms with van der Waals surface area (Å²) in [6.45, 7) is 21.1. The van der Waals surface area contributed by atoms with E-state index in [-0.39, 0.29) is 76.4 Å². The Labute approximate surface area is 362 Å². The standard InChI is InChI=1S/C49H72ClN3O7/c1-27(2)39-34(54)23-49(37(55)26-52-25-30(24-51)53-41(56)28-10-12-29(50)13-11-28)21-20-47(8)31(40(39)49)14-15-36-46(7)18-17-38(45(5,6)35(46)16-19-48(36,47)9)60-43(59)33-22-32(42(57)58)44(33,3)4/h10-13,27,30-33,35-38,52,55H,14-26,51H2,1-9H3,(H,53,56)(H,57,58)/t30?,31-,32+,33-,35+,36-,37+,38+,46+,47-,48-,49+/m1/s1. The summed E-state index contributed by atoms with van der Waals surface area (Å²) >= 11 is 6.02. The minimum Gasteiger partial charge on any atom is -0.481 e. The zero-order valence-electron chi connectivity index (χ0n) is 37.6. The number of rotatable bonds is 12. The molecule has 0 bridgehead atoms. The number of hydrogen-bond donors (Lipinski definition) is 5. The summed E-state index contributed by atoms with van der Waals surface area (Å²) in [6, 6.07) is 6.37. The van der Waals surface area contributed by atoms with Gasteiger partial charge in [-0.25, -0.2) is 0 Å². The number of benzene rings is 1. The van der Waals surface area contributed by atoms with E-state index in [4.69, 9.17) is 22.1 Å². The maximum absolute atomic E-state index is 14.2. The lowest BCUT2D eigenvalue weighted by atomic mass is 9.33. The summed E-state index contributed by atoms with van der Waals surface area (Å²) < 4.78 is 6.42. The average Bonchev–Trinajstić information content (AvgIpc) is 3.48. The summed E-state index contributed by atoms with van der Waals surface area (Å²) in [5, 5.41) is 29.0. The topological polar surface area (TPSA) is 168 Å². The largest absolute Gasteiger partial charge is 0.481 e. The summed E-state index contributed by atoms with van der Waals surface area (Å²) in [4.78, 5) is 52.6. The third-order valence-electron chi connectivity index (χ3n) is 18.6. The van der Waals surface area contributed by atoms with Crippen molar-refractivity contribution in [2.45, 2.75) is 145 Å². The van der Waals surface area contributed by atoms with Gasteiger partial charge in [-0.2, -0.15) is 0 Å².